The summed E-state index contributed by atoms with van der Waals surface area (Å²) >= 11 is 5.68. The van der Waals surface area contributed by atoms with E-state index < -0.39 is 23.3 Å². The number of rotatable bonds is 2. The molecule has 0 unspecified atom stereocenters. The quantitative estimate of drug-likeness (QED) is 0.893. The summed E-state index contributed by atoms with van der Waals surface area (Å²) in [6, 6.07) is 3.22. The molecule has 9 heteroatoms. The van der Waals surface area contributed by atoms with E-state index in [-0.39, 0.29) is 10.7 Å². The van der Waals surface area contributed by atoms with Crippen LogP contribution in [0.4, 0.5) is 18.9 Å². The van der Waals surface area contributed by atoms with E-state index in [0.717, 1.165) is 18.3 Å². The van der Waals surface area contributed by atoms with Crippen molar-refractivity contribution in [2.75, 3.05) is 5.32 Å². The predicted molar refractivity (Wildman–Crippen MR) is 60.8 cm³/mol. The van der Waals surface area contributed by atoms with Gasteiger partial charge in [-0.05, 0) is 12.1 Å². The number of hydrogen-bond donors (Lipinski definition) is 2. The second-order valence-corrected chi connectivity index (χ2v) is 3.88. The number of amides is 1. The number of halogens is 4. The highest BCUT2D eigenvalue weighted by Crippen LogP contribution is 2.38. The van der Waals surface area contributed by atoms with E-state index in [4.69, 9.17) is 11.6 Å². The summed E-state index contributed by atoms with van der Waals surface area (Å²) in [6.07, 6.45) is -3.54. The van der Waals surface area contributed by atoms with Gasteiger partial charge < -0.3 is 5.32 Å². The van der Waals surface area contributed by atoms with Crippen molar-refractivity contribution in [2.24, 2.45) is 0 Å². The standard InChI is InChI=1S/C10H6ClF3N4O/c11-6-3-1-2-5(10(12,13)14)8(6)16-9(19)7-4-15-18-17-7/h1-4H,(H,16,19)(H,15,17,18). The summed E-state index contributed by atoms with van der Waals surface area (Å²) in [7, 11) is 0. The maximum absolute atomic E-state index is 12.8. The lowest BCUT2D eigenvalue weighted by Gasteiger charge is -2.14. The normalized spacial score (nSPS) is 11.4. The zero-order valence-corrected chi connectivity index (χ0v) is 9.88. The lowest BCUT2D eigenvalue weighted by molar-refractivity contribution is -0.136. The molecule has 100 valence electrons. The van der Waals surface area contributed by atoms with E-state index in [1.54, 1.807) is 0 Å². The molecule has 0 bridgehead atoms. The maximum atomic E-state index is 12.8. The van der Waals surface area contributed by atoms with Crippen LogP contribution < -0.4 is 5.32 Å². The van der Waals surface area contributed by atoms with Crippen molar-refractivity contribution in [2.45, 2.75) is 6.18 Å². The van der Waals surface area contributed by atoms with Crippen LogP contribution in [-0.2, 0) is 6.18 Å². The summed E-state index contributed by atoms with van der Waals surface area (Å²) in [4.78, 5) is 11.6. The molecular weight excluding hydrogens is 285 g/mol. The molecule has 1 aromatic heterocycles. The Labute approximate surface area is 109 Å². The van der Waals surface area contributed by atoms with E-state index >= 15 is 0 Å². The molecule has 2 N–H and O–H groups in total. The summed E-state index contributed by atoms with van der Waals surface area (Å²) in [5.74, 6) is -0.840. The van der Waals surface area contributed by atoms with Crippen molar-refractivity contribution < 1.29 is 18.0 Å². The topological polar surface area (TPSA) is 70.7 Å². The van der Waals surface area contributed by atoms with Gasteiger partial charge in [-0.15, -0.1) is 0 Å². The Morgan fingerprint density at radius 1 is 1.37 bits per heavy atom. The van der Waals surface area contributed by atoms with Crippen molar-refractivity contribution >= 4 is 23.2 Å². The van der Waals surface area contributed by atoms with E-state index in [1.165, 1.54) is 6.07 Å². The van der Waals surface area contributed by atoms with Crippen LogP contribution in [0.3, 0.4) is 0 Å². The van der Waals surface area contributed by atoms with Gasteiger partial charge in [0.05, 0.1) is 22.5 Å². The zero-order chi connectivity index (χ0) is 14.0. The molecule has 1 heterocycles. The molecule has 0 atom stereocenters. The Bertz CT molecular complexity index is 597. The maximum Gasteiger partial charge on any atom is 0.418 e. The molecule has 0 aliphatic carbocycles. The number of aromatic amines is 1. The summed E-state index contributed by atoms with van der Waals surface area (Å²) in [5, 5.41) is 10.9. The predicted octanol–water partition coefficient (Wildman–Crippen LogP) is 2.73. The van der Waals surface area contributed by atoms with Gasteiger partial charge in [0, 0.05) is 0 Å². The lowest BCUT2D eigenvalue weighted by Crippen LogP contribution is -2.17. The minimum atomic E-state index is -4.63. The number of anilines is 1. The van der Waals surface area contributed by atoms with Gasteiger partial charge in [0.25, 0.3) is 5.91 Å². The van der Waals surface area contributed by atoms with E-state index in [2.05, 4.69) is 20.7 Å². The van der Waals surface area contributed by atoms with Gasteiger partial charge in [0.1, 0.15) is 0 Å². The molecule has 0 radical (unpaired) electrons. The molecule has 2 rings (SSSR count). The smallest absolute Gasteiger partial charge is 0.319 e. The van der Waals surface area contributed by atoms with E-state index in [9.17, 15) is 18.0 Å². The third-order valence-corrected chi connectivity index (χ3v) is 2.52. The average Bonchev–Trinajstić information content (AvgIpc) is 2.83. The Morgan fingerprint density at radius 3 is 2.68 bits per heavy atom. The van der Waals surface area contributed by atoms with Crippen molar-refractivity contribution in [1.29, 1.82) is 0 Å². The molecule has 0 fully saturated rings. The molecule has 0 spiro atoms. The highest BCUT2D eigenvalue weighted by Gasteiger charge is 2.35. The number of aromatic nitrogens is 3. The molecule has 1 aromatic carbocycles. The van der Waals surface area contributed by atoms with Gasteiger partial charge >= 0.3 is 6.18 Å². The molecule has 5 nitrogen and oxygen atoms in total. The average molecular weight is 291 g/mol. The van der Waals surface area contributed by atoms with Crippen LogP contribution in [0.5, 0.6) is 0 Å². The second kappa shape index (κ2) is 4.88. The Morgan fingerprint density at radius 2 is 2.11 bits per heavy atom. The van der Waals surface area contributed by atoms with Crippen LogP contribution in [0.1, 0.15) is 16.1 Å². The van der Waals surface area contributed by atoms with Crippen molar-refractivity contribution in [3.63, 3.8) is 0 Å². The molecule has 0 saturated heterocycles. The number of nitrogens with zero attached hydrogens (tertiary/aromatic N) is 2. The van der Waals surface area contributed by atoms with Crippen LogP contribution in [0.15, 0.2) is 24.4 Å². The van der Waals surface area contributed by atoms with Crippen LogP contribution in [-0.4, -0.2) is 21.3 Å². The Hall–Kier alpha value is -2.09. The van der Waals surface area contributed by atoms with Gasteiger partial charge in [-0.2, -0.15) is 28.6 Å². The van der Waals surface area contributed by atoms with Crippen LogP contribution in [0.25, 0.3) is 0 Å². The number of nitrogens with one attached hydrogen (secondary N) is 2. The Balaban J connectivity index is 2.37. The van der Waals surface area contributed by atoms with Gasteiger partial charge in [-0.25, -0.2) is 0 Å². The number of para-hydroxylation sites is 1. The first-order chi connectivity index (χ1) is 8.89. The van der Waals surface area contributed by atoms with Gasteiger partial charge in [-0.3, -0.25) is 4.79 Å². The third kappa shape index (κ3) is 2.84. The van der Waals surface area contributed by atoms with Crippen LogP contribution in [0.2, 0.25) is 5.02 Å². The summed E-state index contributed by atoms with van der Waals surface area (Å²) in [6.45, 7) is 0. The number of alkyl halides is 3. The number of benzene rings is 1. The molecular formula is C10H6ClF3N4O. The van der Waals surface area contributed by atoms with Crippen LogP contribution in [0, 0.1) is 0 Å². The number of hydrogen-bond acceptors (Lipinski definition) is 3. The number of carbonyl (C=O) groups excluding carboxylic acids is 1. The molecule has 0 aliphatic heterocycles. The van der Waals surface area contributed by atoms with Crippen LogP contribution >= 0.6 is 11.6 Å². The van der Waals surface area contributed by atoms with Gasteiger partial charge in [-0.1, -0.05) is 17.7 Å². The molecule has 2 aromatic rings. The van der Waals surface area contributed by atoms with E-state index in [1.807, 2.05) is 0 Å². The molecule has 19 heavy (non-hydrogen) atoms. The first-order valence-electron chi connectivity index (χ1n) is 4.92. The fraction of sp³-hybridized carbons (Fsp3) is 0.100. The molecule has 1 amide bonds. The monoisotopic (exact) mass is 290 g/mol. The number of H-pyrrole nitrogens is 1. The molecule has 0 aliphatic rings. The fourth-order valence-corrected chi connectivity index (χ4v) is 1.60. The second-order valence-electron chi connectivity index (χ2n) is 3.47. The largest absolute Gasteiger partial charge is 0.418 e. The summed E-state index contributed by atoms with van der Waals surface area (Å²) in [5.41, 5.74) is -1.69. The van der Waals surface area contributed by atoms with Crippen molar-refractivity contribution in [3.05, 3.63) is 40.7 Å². The lowest BCUT2D eigenvalue weighted by atomic mass is 10.1. The highest BCUT2D eigenvalue weighted by molar-refractivity contribution is 6.34. The van der Waals surface area contributed by atoms with E-state index in [0.29, 0.717) is 0 Å². The fourth-order valence-electron chi connectivity index (χ4n) is 1.38. The minimum Gasteiger partial charge on any atom is -0.319 e. The molecule has 0 saturated carbocycles. The highest BCUT2D eigenvalue weighted by atomic mass is 35.5. The minimum absolute atomic E-state index is 0.145. The zero-order valence-electron chi connectivity index (χ0n) is 9.12. The summed E-state index contributed by atoms with van der Waals surface area (Å²) < 4.78 is 38.3. The first-order valence-corrected chi connectivity index (χ1v) is 5.30. The first kappa shape index (κ1) is 13.3. The van der Waals surface area contributed by atoms with Crippen molar-refractivity contribution in [1.82, 2.24) is 15.4 Å². The Kier molecular flexibility index (Phi) is 3.43. The van der Waals surface area contributed by atoms with Gasteiger partial charge in [0.15, 0.2) is 5.69 Å². The SMILES string of the molecule is O=C(Nc1c(Cl)cccc1C(F)(F)F)c1cn[nH]n1. The number of carbonyl (C=O) groups is 1. The third-order valence-electron chi connectivity index (χ3n) is 2.21. The van der Waals surface area contributed by atoms with Crippen molar-refractivity contribution in [3.8, 4) is 0 Å². The van der Waals surface area contributed by atoms with Gasteiger partial charge in [0.2, 0.25) is 0 Å².